The lowest BCUT2D eigenvalue weighted by Gasteiger charge is -2.42. The molecule has 2 rings (SSSR count). The zero-order valence-electron chi connectivity index (χ0n) is 12.4. The van der Waals surface area contributed by atoms with Crippen LogP contribution < -0.4 is 11.1 Å². The Hall–Kier alpha value is -1.35. The summed E-state index contributed by atoms with van der Waals surface area (Å²) in [6.07, 6.45) is 6.60. The van der Waals surface area contributed by atoms with Gasteiger partial charge in [0, 0.05) is 19.0 Å². The van der Waals surface area contributed by atoms with Crippen molar-refractivity contribution in [2.24, 2.45) is 11.1 Å². The lowest BCUT2D eigenvalue weighted by atomic mass is 9.66. The lowest BCUT2D eigenvalue weighted by Crippen LogP contribution is -2.42. The Kier molecular flexibility index (Phi) is 5.18. The Morgan fingerprint density at radius 1 is 1.35 bits per heavy atom. The maximum Gasteiger partial charge on any atom is 0.221 e. The summed E-state index contributed by atoms with van der Waals surface area (Å²) in [4.78, 5) is 12.0. The van der Waals surface area contributed by atoms with Crippen LogP contribution in [-0.2, 0) is 4.79 Å². The molecule has 0 aliphatic heterocycles. The number of rotatable bonds is 7. The number of hydrogen-bond donors (Lipinski definition) is 2. The zero-order chi connectivity index (χ0) is 14.4. The van der Waals surface area contributed by atoms with Gasteiger partial charge in [-0.05, 0) is 30.2 Å². The molecule has 3 heteroatoms. The van der Waals surface area contributed by atoms with Gasteiger partial charge < -0.3 is 11.1 Å². The molecule has 1 fully saturated rings. The summed E-state index contributed by atoms with van der Waals surface area (Å²) < 4.78 is 0. The Morgan fingerprint density at radius 2 is 2.05 bits per heavy atom. The SMILES string of the molecule is CCCC1(CNC(=O)CC(N)c2ccccc2)CCC1. The summed E-state index contributed by atoms with van der Waals surface area (Å²) in [5.41, 5.74) is 7.48. The Morgan fingerprint density at radius 3 is 2.60 bits per heavy atom. The minimum absolute atomic E-state index is 0.0729. The minimum Gasteiger partial charge on any atom is -0.355 e. The molecule has 0 bridgehead atoms. The van der Waals surface area contributed by atoms with E-state index in [9.17, 15) is 4.79 Å². The zero-order valence-corrected chi connectivity index (χ0v) is 12.4. The molecular formula is C17H26N2O. The van der Waals surface area contributed by atoms with Crippen LogP contribution in [0.4, 0.5) is 0 Å². The van der Waals surface area contributed by atoms with Gasteiger partial charge in [0.1, 0.15) is 0 Å². The van der Waals surface area contributed by atoms with E-state index in [-0.39, 0.29) is 11.9 Å². The molecular weight excluding hydrogens is 248 g/mol. The lowest BCUT2D eigenvalue weighted by molar-refractivity contribution is -0.122. The van der Waals surface area contributed by atoms with Crippen LogP contribution in [-0.4, -0.2) is 12.5 Å². The first-order valence-electron chi connectivity index (χ1n) is 7.72. The monoisotopic (exact) mass is 274 g/mol. The highest BCUT2D eigenvalue weighted by Crippen LogP contribution is 2.44. The molecule has 3 N–H and O–H groups in total. The van der Waals surface area contributed by atoms with E-state index in [2.05, 4.69) is 12.2 Å². The smallest absolute Gasteiger partial charge is 0.221 e. The van der Waals surface area contributed by atoms with Crippen molar-refractivity contribution in [3.8, 4) is 0 Å². The van der Waals surface area contributed by atoms with Gasteiger partial charge in [-0.3, -0.25) is 4.79 Å². The molecule has 1 unspecified atom stereocenters. The van der Waals surface area contributed by atoms with Crippen molar-refractivity contribution in [2.75, 3.05) is 6.54 Å². The first kappa shape index (κ1) is 15.0. The molecule has 0 heterocycles. The van der Waals surface area contributed by atoms with E-state index < -0.39 is 0 Å². The first-order valence-corrected chi connectivity index (χ1v) is 7.72. The molecule has 1 aliphatic carbocycles. The highest BCUT2D eigenvalue weighted by molar-refractivity contribution is 5.76. The molecule has 1 saturated carbocycles. The predicted octanol–water partition coefficient (Wildman–Crippen LogP) is 3.16. The van der Waals surface area contributed by atoms with Gasteiger partial charge >= 0.3 is 0 Å². The average molecular weight is 274 g/mol. The van der Waals surface area contributed by atoms with Crippen LogP contribution in [0.3, 0.4) is 0 Å². The van der Waals surface area contributed by atoms with E-state index >= 15 is 0 Å². The van der Waals surface area contributed by atoms with Gasteiger partial charge in [-0.15, -0.1) is 0 Å². The summed E-state index contributed by atoms with van der Waals surface area (Å²) in [7, 11) is 0. The third kappa shape index (κ3) is 3.83. The fourth-order valence-corrected chi connectivity index (χ4v) is 3.10. The number of nitrogens with two attached hydrogens (primary N) is 1. The van der Waals surface area contributed by atoms with E-state index in [4.69, 9.17) is 5.73 Å². The van der Waals surface area contributed by atoms with E-state index in [1.165, 1.54) is 32.1 Å². The normalized spacial score (nSPS) is 18.1. The van der Waals surface area contributed by atoms with Crippen molar-refractivity contribution >= 4 is 5.91 Å². The van der Waals surface area contributed by atoms with Gasteiger partial charge in [0.2, 0.25) is 5.91 Å². The minimum atomic E-state index is -0.209. The van der Waals surface area contributed by atoms with Crippen LogP contribution >= 0.6 is 0 Å². The highest BCUT2D eigenvalue weighted by Gasteiger charge is 2.36. The number of hydrogen-bond acceptors (Lipinski definition) is 2. The van der Waals surface area contributed by atoms with Crippen molar-refractivity contribution in [3.05, 3.63) is 35.9 Å². The fraction of sp³-hybridized carbons (Fsp3) is 0.588. The third-order valence-corrected chi connectivity index (χ3v) is 4.49. The van der Waals surface area contributed by atoms with Crippen LogP contribution in [0.5, 0.6) is 0 Å². The van der Waals surface area contributed by atoms with Crippen molar-refractivity contribution in [3.63, 3.8) is 0 Å². The topological polar surface area (TPSA) is 55.1 Å². The third-order valence-electron chi connectivity index (χ3n) is 4.49. The van der Waals surface area contributed by atoms with Gasteiger partial charge in [0.15, 0.2) is 0 Å². The maximum absolute atomic E-state index is 12.0. The van der Waals surface area contributed by atoms with Crippen LogP contribution in [0, 0.1) is 5.41 Å². The molecule has 3 nitrogen and oxygen atoms in total. The Labute approximate surface area is 121 Å². The molecule has 0 aromatic heterocycles. The molecule has 20 heavy (non-hydrogen) atoms. The molecule has 1 aromatic carbocycles. The van der Waals surface area contributed by atoms with Crippen LogP contribution in [0.2, 0.25) is 0 Å². The molecule has 0 radical (unpaired) electrons. The Bertz CT molecular complexity index is 426. The largest absolute Gasteiger partial charge is 0.355 e. The number of carbonyl (C=O) groups is 1. The highest BCUT2D eigenvalue weighted by atomic mass is 16.1. The summed E-state index contributed by atoms with van der Waals surface area (Å²) in [6.45, 7) is 3.04. The quantitative estimate of drug-likeness (QED) is 0.802. The fourth-order valence-electron chi connectivity index (χ4n) is 3.10. The second-order valence-electron chi connectivity index (χ2n) is 6.10. The molecule has 110 valence electrons. The summed E-state index contributed by atoms with van der Waals surface area (Å²) in [5.74, 6) is 0.0729. The predicted molar refractivity (Wildman–Crippen MR) is 82.2 cm³/mol. The number of nitrogens with one attached hydrogen (secondary N) is 1. The summed E-state index contributed by atoms with van der Waals surface area (Å²) >= 11 is 0. The second-order valence-corrected chi connectivity index (χ2v) is 6.10. The van der Waals surface area contributed by atoms with Crippen molar-refractivity contribution in [1.82, 2.24) is 5.32 Å². The number of amides is 1. The van der Waals surface area contributed by atoms with Gasteiger partial charge in [-0.2, -0.15) is 0 Å². The molecule has 0 spiro atoms. The van der Waals surface area contributed by atoms with Crippen molar-refractivity contribution in [1.29, 1.82) is 0 Å². The van der Waals surface area contributed by atoms with E-state index in [0.717, 1.165) is 12.1 Å². The second kappa shape index (κ2) is 6.89. The molecule has 1 aromatic rings. The maximum atomic E-state index is 12.0. The van der Waals surface area contributed by atoms with Gasteiger partial charge in [0.05, 0.1) is 0 Å². The first-order chi connectivity index (χ1) is 9.65. The molecule has 1 atom stereocenters. The van der Waals surface area contributed by atoms with Gasteiger partial charge in [-0.1, -0.05) is 50.1 Å². The van der Waals surface area contributed by atoms with Crippen molar-refractivity contribution < 1.29 is 4.79 Å². The standard InChI is InChI=1S/C17H26N2O/c1-2-9-17(10-6-11-17)13-19-16(20)12-15(18)14-7-4-3-5-8-14/h3-5,7-8,15H,2,6,9-13,18H2,1H3,(H,19,20). The van der Waals surface area contributed by atoms with E-state index in [1.54, 1.807) is 0 Å². The Balaban J connectivity index is 1.78. The summed E-state index contributed by atoms with van der Waals surface area (Å²) in [5, 5.41) is 3.09. The van der Waals surface area contributed by atoms with Crippen LogP contribution in [0.25, 0.3) is 0 Å². The van der Waals surface area contributed by atoms with E-state index in [1.807, 2.05) is 30.3 Å². The average Bonchev–Trinajstić information content (AvgIpc) is 2.42. The van der Waals surface area contributed by atoms with Gasteiger partial charge in [0.25, 0.3) is 0 Å². The van der Waals surface area contributed by atoms with Crippen LogP contribution in [0.1, 0.15) is 57.1 Å². The van der Waals surface area contributed by atoms with E-state index in [0.29, 0.717) is 11.8 Å². The molecule has 0 saturated heterocycles. The number of benzene rings is 1. The molecule has 1 aliphatic rings. The van der Waals surface area contributed by atoms with Crippen LogP contribution in [0.15, 0.2) is 30.3 Å². The van der Waals surface area contributed by atoms with Gasteiger partial charge in [-0.25, -0.2) is 0 Å². The van der Waals surface area contributed by atoms with Crippen molar-refractivity contribution in [2.45, 2.75) is 51.5 Å². The molecule has 1 amide bonds. The summed E-state index contributed by atoms with van der Waals surface area (Å²) in [6, 6.07) is 9.61. The number of carbonyl (C=O) groups excluding carboxylic acids is 1.